The van der Waals surface area contributed by atoms with E-state index in [0.29, 0.717) is 22.3 Å². The number of benzene rings is 1. The van der Waals surface area contributed by atoms with Gasteiger partial charge in [-0.3, -0.25) is 4.90 Å². The lowest BCUT2D eigenvalue weighted by molar-refractivity contribution is 0.00467. The zero-order chi connectivity index (χ0) is 13.7. The van der Waals surface area contributed by atoms with E-state index in [0.717, 1.165) is 26.3 Å². The molecule has 0 aromatic heterocycles. The van der Waals surface area contributed by atoms with Crippen LogP contribution in [-0.2, 0) is 4.74 Å². The van der Waals surface area contributed by atoms with E-state index in [-0.39, 0.29) is 6.61 Å². The Morgan fingerprint density at radius 3 is 2.74 bits per heavy atom. The van der Waals surface area contributed by atoms with Gasteiger partial charge in [-0.15, -0.1) is 0 Å². The van der Waals surface area contributed by atoms with E-state index in [1.165, 1.54) is 0 Å². The molecule has 106 valence electrons. The van der Waals surface area contributed by atoms with Gasteiger partial charge in [0.05, 0.1) is 18.2 Å². The van der Waals surface area contributed by atoms with Crippen molar-refractivity contribution in [3.05, 3.63) is 28.2 Å². The monoisotopic (exact) mass is 305 g/mol. The van der Waals surface area contributed by atoms with Crippen LogP contribution in [0.3, 0.4) is 0 Å². The van der Waals surface area contributed by atoms with Gasteiger partial charge in [-0.25, -0.2) is 0 Å². The van der Waals surface area contributed by atoms with Crippen molar-refractivity contribution in [3.63, 3.8) is 0 Å². The number of hydrogen-bond donors (Lipinski definition) is 1. The van der Waals surface area contributed by atoms with Gasteiger partial charge in [0, 0.05) is 24.7 Å². The van der Waals surface area contributed by atoms with E-state index >= 15 is 0 Å². The Balaban J connectivity index is 1.77. The summed E-state index contributed by atoms with van der Waals surface area (Å²) in [5.41, 5.74) is 0. The van der Waals surface area contributed by atoms with Crippen molar-refractivity contribution in [2.24, 2.45) is 0 Å². The van der Waals surface area contributed by atoms with Gasteiger partial charge in [0.15, 0.2) is 0 Å². The average Bonchev–Trinajstić information content (AvgIpc) is 2.39. The Bertz CT molecular complexity index is 411. The van der Waals surface area contributed by atoms with Gasteiger partial charge in [0.1, 0.15) is 18.5 Å². The fourth-order valence-electron chi connectivity index (χ4n) is 1.91. The van der Waals surface area contributed by atoms with Gasteiger partial charge in [0.2, 0.25) is 0 Å². The third-order valence-corrected chi connectivity index (χ3v) is 3.43. The SMILES string of the molecule is O[C@H](COc1ccc(Cl)cc1Cl)CN1CCOCC1. The molecule has 1 fully saturated rings. The van der Waals surface area contributed by atoms with Crippen molar-refractivity contribution in [2.75, 3.05) is 39.5 Å². The van der Waals surface area contributed by atoms with Crippen LogP contribution in [-0.4, -0.2) is 55.6 Å². The predicted octanol–water partition coefficient (Wildman–Crippen LogP) is 2.07. The molecule has 1 N–H and O–H groups in total. The van der Waals surface area contributed by atoms with Crippen LogP contribution in [0.5, 0.6) is 5.75 Å². The molecule has 0 unspecified atom stereocenters. The number of rotatable bonds is 5. The third-order valence-electron chi connectivity index (χ3n) is 2.90. The van der Waals surface area contributed by atoms with E-state index in [9.17, 15) is 5.11 Å². The summed E-state index contributed by atoms with van der Waals surface area (Å²) in [6, 6.07) is 5.02. The number of aliphatic hydroxyl groups is 1. The molecule has 0 saturated carbocycles. The van der Waals surface area contributed by atoms with E-state index in [4.69, 9.17) is 32.7 Å². The van der Waals surface area contributed by atoms with E-state index < -0.39 is 6.10 Å². The quantitative estimate of drug-likeness (QED) is 0.904. The molecular formula is C13H17Cl2NO3. The van der Waals surface area contributed by atoms with E-state index in [1.807, 2.05) is 0 Å². The van der Waals surface area contributed by atoms with Crippen LogP contribution in [0.1, 0.15) is 0 Å². The number of aliphatic hydroxyl groups excluding tert-OH is 1. The van der Waals surface area contributed by atoms with E-state index in [1.54, 1.807) is 18.2 Å². The van der Waals surface area contributed by atoms with Crippen LogP contribution in [0.15, 0.2) is 18.2 Å². The minimum Gasteiger partial charge on any atom is -0.489 e. The highest BCUT2D eigenvalue weighted by Gasteiger charge is 2.15. The van der Waals surface area contributed by atoms with Crippen molar-refractivity contribution in [1.29, 1.82) is 0 Å². The molecule has 1 aliphatic rings. The number of halogens is 2. The van der Waals surface area contributed by atoms with Crippen LogP contribution < -0.4 is 4.74 Å². The van der Waals surface area contributed by atoms with E-state index in [2.05, 4.69) is 4.90 Å². The largest absolute Gasteiger partial charge is 0.489 e. The standard InChI is InChI=1S/C13H17Cl2NO3/c14-10-1-2-13(12(15)7-10)19-9-11(17)8-16-3-5-18-6-4-16/h1-2,7,11,17H,3-6,8-9H2/t11-/m0/s1. The average molecular weight is 306 g/mol. The van der Waals surface area contributed by atoms with Crippen molar-refractivity contribution >= 4 is 23.2 Å². The molecule has 1 aromatic carbocycles. The molecule has 1 saturated heterocycles. The molecule has 1 aromatic rings. The summed E-state index contributed by atoms with van der Waals surface area (Å²) in [5.74, 6) is 0.534. The first-order valence-electron chi connectivity index (χ1n) is 6.21. The lowest BCUT2D eigenvalue weighted by Gasteiger charge is -2.28. The van der Waals surface area contributed by atoms with Gasteiger partial charge in [0.25, 0.3) is 0 Å². The normalized spacial score (nSPS) is 18.3. The first kappa shape index (κ1) is 14.9. The number of β-amino-alcohol motifs (C(OH)–C–C–N with tert-alkyl or cyclic N) is 1. The molecule has 4 nitrogen and oxygen atoms in total. The molecule has 0 aliphatic carbocycles. The molecular weight excluding hydrogens is 289 g/mol. The summed E-state index contributed by atoms with van der Waals surface area (Å²) in [6.45, 7) is 3.91. The van der Waals surface area contributed by atoms with Gasteiger partial charge in [-0.2, -0.15) is 0 Å². The molecule has 1 heterocycles. The Kier molecular flexibility index (Phi) is 5.73. The second-order valence-corrected chi connectivity index (χ2v) is 5.30. The smallest absolute Gasteiger partial charge is 0.138 e. The van der Waals surface area contributed by atoms with Crippen LogP contribution in [0.4, 0.5) is 0 Å². The highest BCUT2D eigenvalue weighted by Crippen LogP contribution is 2.27. The summed E-state index contributed by atoms with van der Waals surface area (Å²) in [7, 11) is 0. The highest BCUT2D eigenvalue weighted by molar-refractivity contribution is 6.35. The zero-order valence-corrected chi connectivity index (χ0v) is 12.0. The van der Waals surface area contributed by atoms with Gasteiger partial charge in [-0.05, 0) is 18.2 Å². The van der Waals surface area contributed by atoms with Crippen LogP contribution in [0, 0.1) is 0 Å². The number of ether oxygens (including phenoxy) is 2. The highest BCUT2D eigenvalue weighted by atomic mass is 35.5. The minimum absolute atomic E-state index is 0.207. The van der Waals surface area contributed by atoms with Crippen LogP contribution >= 0.6 is 23.2 Å². The van der Waals surface area contributed by atoms with Gasteiger partial charge >= 0.3 is 0 Å². The number of morpholine rings is 1. The first-order valence-corrected chi connectivity index (χ1v) is 6.97. The minimum atomic E-state index is -0.551. The maximum atomic E-state index is 9.93. The predicted molar refractivity (Wildman–Crippen MR) is 75.2 cm³/mol. The molecule has 0 amide bonds. The molecule has 1 atom stereocenters. The Labute approximate surface area is 122 Å². The molecule has 0 radical (unpaired) electrons. The Hall–Kier alpha value is -0.520. The summed E-state index contributed by atoms with van der Waals surface area (Å²) in [6.07, 6.45) is -0.551. The Morgan fingerprint density at radius 1 is 1.32 bits per heavy atom. The number of nitrogens with zero attached hydrogens (tertiary/aromatic N) is 1. The Morgan fingerprint density at radius 2 is 2.05 bits per heavy atom. The summed E-state index contributed by atoms with van der Waals surface area (Å²) >= 11 is 11.8. The van der Waals surface area contributed by atoms with Crippen LogP contribution in [0.2, 0.25) is 10.0 Å². The molecule has 19 heavy (non-hydrogen) atoms. The summed E-state index contributed by atoms with van der Waals surface area (Å²) in [5, 5.41) is 10.9. The topological polar surface area (TPSA) is 41.9 Å². The molecule has 0 bridgehead atoms. The van der Waals surface area contributed by atoms with Crippen molar-refractivity contribution < 1.29 is 14.6 Å². The van der Waals surface area contributed by atoms with Gasteiger partial charge in [-0.1, -0.05) is 23.2 Å². The number of hydrogen-bond acceptors (Lipinski definition) is 4. The van der Waals surface area contributed by atoms with Crippen molar-refractivity contribution in [2.45, 2.75) is 6.10 Å². The molecule has 0 spiro atoms. The zero-order valence-electron chi connectivity index (χ0n) is 10.5. The molecule has 6 heteroatoms. The molecule has 2 rings (SSSR count). The fraction of sp³-hybridized carbons (Fsp3) is 0.538. The maximum absolute atomic E-state index is 9.93. The fourth-order valence-corrected chi connectivity index (χ4v) is 2.38. The maximum Gasteiger partial charge on any atom is 0.138 e. The van der Waals surface area contributed by atoms with Gasteiger partial charge < -0.3 is 14.6 Å². The molecule has 1 aliphatic heterocycles. The second kappa shape index (κ2) is 7.31. The van der Waals surface area contributed by atoms with Crippen LogP contribution in [0.25, 0.3) is 0 Å². The lowest BCUT2D eigenvalue weighted by Crippen LogP contribution is -2.42. The summed E-state index contributed by atoms with van der Waals surface area (Å²) < 4.78 is 10.7. The first-order chi connectivity index (χ1) is 9.15. The van der Waals surface area contributed by atoms with Crippen molar-refractivity contribution in [3.8, 4) is 5.75 Å². The summed E-state index contributed by atoms with van der Waals surface area (Å²) in [4.78, 5) is 2.15. The lowest BCUT2D eigenvalue weighted by atomic mass is 10.3. The second-order valence-electron chi connectivity index (χ2n) is 4.45. The third kappa shape index (κ3) is 4.82. The van der Waals surface area contributed by atoms with Crippen molar-refractivity contribution in [1.82, 2.24) is 4.90 Å².